The Morgan fingerprint density at radius 1 is 0.467 bits per heavy atom. The molecule has 0 rings (SSSR count). The molecule has 14 heteroatoms. The predicted octanol–water partition coefficient (Wildman–Crippen LogP) is 0.678. The molecule has 0 bridgehead atoms. The number of hydrogen-bond acceptors (Lipinski definition) is 10. The van der Waals surface area contributed by atoms with Gasteiger partial charge in [0.2, 0.25) is 0 Å². The summed E-state index contributed by atoms with van der Waals surface area (Å²) in [6, 6.07) is 0. The highest BCUT2D eigenvalue weighted by molar-refractivity contribution is 4.45. The minimum atomic E-state index is 0.0413. The van der Waals surface area contributed by atoms with Crippen LogP contribution in [0.25, 0.3) is 20.9 Å². The van der Waals surface area contributed by atoms with Crippen molar-refractivity contribution < 1.29 is 38.6 Å². The lowest BCUT2D eigenvalue weighted by Crippen LogP contribution is -2.11. The molecule has 30 heavy (non-hydrogen) atoms. The summed E-state index contributed by atoms with van der Waals surface area (Å²) in [7, 11) is 0. The highest BCUT2D eigenvalue weighted by Crippen LogP contribution is 1.83. The summed E-state index contributed by atoms with van der Waals surface area (Å²) >= 11 is 0. The summed E-state index contributed by atoms with van der Waals surface area (Å²) in [5.74, 6) is 0. The summed E-state index contributed by atoms with van der Waals surface area (Å²) < 4.78 is 30.4. The highest BCUT2D eigenvalue weighted by atomic mass is 16.6. The molecule has 0 aromatic rings. The number of nitrogens with zero attached hydrogens (tertiary/aromatic N) is 6. The Labute approximate surface area is 176 Å². The number of ether oxygens (including phenoxy) is 6. The van der Waals surface area contributed by atoms with Gasteiger partial charge >= 0.3 is 0 Å². The molecule has 0 spiro atoms. The maximum absolute atomic E-state index is 8.36. The van der Waals surface area contributed by atoms with E-state index in [0.29, 0.717) is 92.4 Å². The van der Waals surface area contributed by atoms with Gasteiger partial charge < -0.3 is 38.6 Å². The zero-order chi connectivity index (χ0) is 22.4. The molecule has 0 aliphatic carbocycles. The van der Waals surface area contributed by atoms with Gasteiger partial charge in [-0.2, -0.15) is 0 Å². The van der Waals surface area contributed by atoms with Crippen LogP contribution in [0.4, 0.5) is 0 Å². The minimum absolute atomic E-state index is 0.0413. The van der Waals surface area contributed by atoms with Crippen LogP contribution in [0.15, 0.2) is 10.2 Å². The largest absolute Gasteiger partial charge is 0.394 e. The van der Waals surface area contributed by atoms with Crippen LogP contribution in [0.2, 0.25) is 0 Å². The Morgan fingerprint density at radius 3 is 1.00 bits per heavy atom. The van der Waals surface area contributed by atoms with Crippen LogP contribution in [0.5, 0.6) is 0 Å². The molecular formula is C16H34N6O8. The van der Waals surface area contributed by atoms with Gasteiger partial charge in [0.1, 0.15) is 0 Å². The van der Waals surface area contributed by atoms with E-state index in [9.17, 15) is 0 Å². The zero-order valence-corrected chi connectivity index (χ0v) is 17.3. The smallest absolute Gasteiger partial charge is 0.0701 e. The van der Waals surface area contributed by atoms with Gasteiger partial charge in [0.15, 0.2) is 0 Å². The van der Waals surface area contributed by atoms with Crippen LogP contribution >= 0.6 is 0 Å². The third kappa shape index (κ3) is 33.9. The van der Waals surface area contributed by atoms with Crippen molar-refractivity contribution in [2.45, 2.75) is 0 Å². The Bertz CT molecular complexity index is 387. The number of hydrogen-bond donors (Lipinski definition) is 2. The van der Waals surface area contributed by atoms with Crippen molar-refractivity contribution in [2.75, 3.05) is 106 Å². The van der Waals surface area contributed by atoms with Crippen LogP contribution in [0.1, 0.15) is 0 Å². The molecular weight excluding hydrogens is 404 g/mol. The van der Waals surface area contributed by atoms with Gasteiger partial charge in [-0.25, -0.2) is 0 Å². The van der Waals surface area contributed by atoms with Crippen molar-refractivity contribution in [1.29, 1.82) is 0 Å². The number of aliphatic hydroxyl groups excluding tert-OH is 2. The Balaban J connectivity index is 0. The van der Waals surface area contributed by atoms with Crippen molar-refractivity contribution in [3.63, 3.8) is 0 Å². The summed E-state index contributed by atoms with van der Waals surface area (Å²) in [5.41, 5.74) is 16.0. The van der Waals surface area contributed by atoms with Crippen molar-refractivity contribution in [3.05, 3.63) is 20.9 Å². The van der Waals surface area contributed by atoms with Gasteiger partial charge in [0, 0.05) is 22.9 Å². The van der Waals surface area contributed by atoms with E-state index in [2.05, 4.69) is 20.1 Å². The van der Waals surface area contributed by atoms with E-state index in [4.69, 9.17) is 49.7 Å². The summed E-state index contributed by atoms with van der Waals surface area (Å²) in [5, 5.41) is 23.3. The number of aliphatic hydroxyl groups is 2. The first kappa shape index (κ1) is 30.5. The molecule has 0 aliphatic rings. The van der Waals surface area contributed by atoms with E-state index in [-0.39, 0.29) is 13.2 Å². The lowest BCUT2D eigenvalue weighted by atomic mass is 10.7. The molecule has 0 heterocycles. The van der Waals surface area contributed by atoms with E-state index in [1.165, 1.54) is 0 Å². The average Bonchev–Trinajstić information content (AvgIpc) is 2.76. The fourth-order valence-electron chi connectivity index (χ4n) is 1.51. The lowest BCUT2D eigenvalue weighted by Gasteiger charge is -2.05. The SMILES string of the molecule is OCCOCCOCCOCCO.[N-]=[N+]=NCCOCCOCCOCCN=[N+]=[N-]. The van der Waals surface area contributed by atoms with Crippen LogP contribution in [-0.2, 0) is 28.4 Å². The fraction of sp³-hybridized carbons (Fsp3) is 1.00. The summed E-state index contributed by atoms with van der Waals surface area (Å²) in [4.78, 5) is 5.18. The lowest BCUT2D eigenvalue weighted by molar-refractivity contribution is 0.00230. The Kier molecular flexibility index (Phi) is 32.5. The quantitative estimate of drug-likeness (QED) is 0.106. The first-order chi connectivity index (χ1) is 14.8. The maximum atomic E-state index is 8.36. The molecule has 0 atom stereocenters. The van der Waals surface area contributed by atoms with Crippen molar-refractivity contribution in [1.82, 2.24) is 0 Å². The van der Waals surface area contributed by atoms with Crippen LogP contribution in [0.3, 0.4) is 0 Å². The van der Waals surface area contributed by atoms with Gasteiger partial charge in [-0.1, -0.05) is 10.2 Å². The van der Waals surface area contributed by atoms with Crippen molar-refractivity contribution in [2.24, 2.45) is 10.2 Å². The van der Waals surface area contributed by atoms with E-state index < -0.39 is 0 Å². The highest BCUT2D eigenvalue weighted by Gasteiger charge is 1.91. The van der Waals surface area contributed by atoms with Gasteiger partial charge in [-0.3, -0.25) is 0 Å². The molecule has 176 valence electrons. The molecule has 0 radical (unpaired) electrons. The molecule has 0 fully saturated rings. The number of rotatable bonds is 22. The molecule has 0 unspecified atom stereocenters. The van der Waals surface area contributed by atoms with Crippen molar-refractivity contribution in [3.8, 4) is 0 Å². The van der Waals surface area contributed by atoms with E-state index >= 15 is 0 Å². The Morgan fingerprint density at radius 2 is 0.733 bits per heavy atom. The Hall–Kier alpha value is -1.70. The van der Waals surface area contributed by atoms with Gasteiger partial charge in [-0.15, -0.1) is 0 Å². The van der Waals surface area contributed by atoms with E-state index in [1.54, 1.807) is 0 Å². The molecule has 0 amide bonds. The average molecular weight is 438 g/mol. The second kappa shape index (κ2) is 32.0. The summed E-state index contributed by atoms with van der Waals surface area (Å²) in [6.45, 7) is 6.08. The molecule has 0 aromatic carbocycles. The predicted molar refractivity (Wildman–Crippen MR) is 107 cm³/mol. The third-order valence-corrected chi connectivity index (χ3v) is 2.76. The first-order valence-corrected chi connectivity index (χ1v) is 9.53. The monoisotopic (exact) mass is 438 g/mol. The maximum Gasteiger partial charge on any atom is 0.0701 e. The van der Waals surface area contributed by atoms with Gasteiger partial charge in [-0.05, 0) is 11.1 Å². The van der Waals surface area contributed by atoms with Crippen molar-refractivity contribution >= 4 is 0 Å². The molecule has 2 N–H and O–H groups in total. The molecule has 0 aliphatic heterocycles. The van der Waals surface area contributed by atoms with E-state index in [0.717, 1.165) is 0 Å². The molecule has 0 aromatic heterocycles. The van der Waals surface area contributed by atoms with Crippen LogP contribution in [-0.4, -0.2) is 116 Å². The molecule has 14 nitrogen and oxygen atoms in total. The van der Waals surface area contributed by atoms with Crippen LogP contribution < -0.4 is 0 Å². The molecule has 0 saturated heterocycles. The van der Waals surface area contributed by atoms with Gasteiger partial charge in [0.05, 0.1) is 92.5 Å². The fourth-order valence-corrected chi connectivity index (χ4v) is 1.51. The second-order valence-electron chi connectivity index (χ2n) is 5.03. The minimum Gasteiger partial charge on any atom is -0.394 e. The normalized spacial score (nSPS) is 9.93. The standard InChI is InChI=1S/C8H16N6O3.C8H18O5/c9-13-11-1-3-15-5-7-17-8-6-16-4-2-12-14-10;9-1-3-11-5-7-13-8-6-12-4-2-10/h1-8H2;9-10H,1-8H2. The van der Waals surface area contributed by atoms with Crippen LogP contribution in [0, 0.1) is 0 Å². The topological polar surface area (TPSA) is 193 Å². The summed E-state index contributed by atoms with van der Waals surface area (Å²) in [6.07, 6.45) is 0. The molecule has 0 saturated carbocycles. The first-order valence-electron chi connectivity index (χ1n) is 9.53. The number of azide groups is 2. The van der Waals surface area contributed by atoms with Gasteiger partial charge in [0.25, 0.3) is 0 Å². The third-order valence-electron chi connectivity index (χ3n) is 2.76. The zero-order valence-electron chi connectivity index (χ0n) is 17.3. The van der Waals surface area contributed by atoms with E-state index in [1.807, 2.05) is 0 Å². The second-order valence-corrected chi connectivity index (χ2v) is 5.03.